The number of benzene rings is 1. The Balaban J connectivity index is 0.00000529. The summed E-state index contributed by atoms with van der Waals surface area (Å²) >= 11 is 0. The normalized spacial score (nSPS) is 10.5. The van der Waals surface area contributed by atoms with Gasteiger partial charge in [0.2, 0.25) is 0 Å². The summed E-state index contributed by atoms with van der Waals surface area (Å²) < 4.78 is 10.9. The van der Waals surface area contributed by atoms with Crippen LogP contribution in [0, 0.1) is 0 Å². The second kappa shape index (κ2) is 10.9. The van der Waals surface area contributed by atoms with Crippen molar-refractivity contribution in [3.05, 3.63) is 36.4 Å². The van der Waals surface area contributed by atoms with Crippen LogP contribution in [0.25, 0.3) is 0 Å². The van der Waals surface area contributed by atoms with E-state index in [1.165, 1.54) is 0 Å². The maximum atomic E-state index is 12.1. The van der Waals surface area contributed by atoms with Gasteiger partial charge in [-0.1, -0.05) is 26.0 Å². The molecule has 0 saturated heterocycles. The van der Waals surface area contributed by atoms with Gasteiger partial charge in [0.1, 0.15) is 0 Å². The van der Waals surface area contributed by atoms with Gasteiger partial charge in [-0.15, -0.1) is 19.0 Å². The molecule has 0 aliphatic heterocycles. The van der Waals surface area contributed by atoms with Gasteiger partial charge >= 0.3 is 0 Å². The Morgan fingerprint density at radius 3 is 2.50 bits per heavy atom. The molecule has 0 unspecified atom stereocenters. The van der Waals surface area contributed by atoms with Crippen LogP contribution >= 0.6 is 12.4 Å². The molecule has 0 bridgehead atoms. The summed E-state index contributed by atoms with van der Waals surface area (Å²) in [6.07, 6.45) is 4.14. The largest absolute Gasteiger partial charge is 0.493 e. The molecule has 0 fully saturated rings. The highest BCUT2D eigenvalue weighted by molar-refractivity contribution is 5.85. The van der Waals surface area contributed by atoms with Crippen molar-refractivity contribution in [2.75, 3.05) is 20.3 Å². The molecule has 0 spiro atoms. The van der Waals surface area contributed by atoms with Gasteiger partial charge in [0.25, 0.3) is 5.91 Å². The summed E-state index contributed by atoms with van der Waals surface area (Å²) in [5.74, 6) is 0.964. The fourth-order valence-corrected chi connectivity index (χ4v) is 2.37. The van der Waals surface area contributed by atoms with E-state index in [4.69, 9.17) is 15.2 Å². The monoisotopic (exact) mass is 356 g/mol. The zero-order chi connectivity index (χ0) is 17.3. The number of amides is 1. The SMILES string of the molecule is C=CCc1ccc(OCC(=O)NC(CC)(CC)CN)c(OC)c1.Cl. The molecule has 0 aliphatic carbocycles. The van der Waals surface area contributed by atoms with Gasteiger partial charge in [-0.05, 0) is 37.0 Å². The first kappa shape index (κ1) is 22.3. The molecule has 1 amide bonds. The van der Waals surface area contributed by atoms with E-state index >= 15 is 0 Å². The molecule has 0 saturated carbocycles. The predicted molar refractivity (Wildman–Crippen MR) is 100 cm³/mol. The van der Waals surface area contributed by atoms with E-state index < -0.39 is 0 Å². The molecule has 0 atom stereocenters. The number of nitrogens with one attached hydrogen (secondary N) is 1. The maximum Gasteiger partial charge on any atom is 0.258 e. The molecule has 5 nitrogen and oxygen atoms in total. The number of halogens is 1. The average molecular weight is 357 g/mol. The van der Waals surface area contributed by atoms with Gasteiger partial charge in [0.05, 0.1) is 12.6 Å². The first-order valence-corrected chi connectivity index (χ1v) is 7.95. The fraction of sp³-hybridized carbons (Fsp3) is 0.500. The molecule has 6 heteroatoms. The minimum atomic E-state index is -0.363. The van der Waals surface area contributed by atoms with Crippen molar-refractivity contribution in [3.63, 3.8) is 0 Å². The molecule has 3 N–H and O–H groups in total. The highest BCUT2D eigenvalue weighted by Crippen LogP contribution is 2.28. The van der Waals surface area contributed by atoms with Gasteiger partial charge in [-0.25, -0.2) is 0 Å². The van der Waals surface area contributed by atoms with E-state index in [-0.39, 0.29) is 30.5 Å². The molecule has 136 valence electrons. The van der Waals surface area contributed by atoms with Crippen LogP contribution in [0.15, 0.2) is 30.9 Å². The lowest BCUT2D eigenvalue weighted by molar-refractivity contribution is -0.125. The second-order valence-corrected chi connectivity index (χ2v) is 5.51. The number of methoxy groups -OCH3 is 1. The van der Waals surface area contributed by atoms with E-state index in [0.717, 1.165) is 24.8 Å². The first-order valence-electron chi connectivity index (χ1n) is 7.95. The number of allylic oxidation sites excluding steroid dienone is 1. The zero-order valence-electron chi connectivity index (χ0n) is 14.8. The Hall–Kier alpha value is -1.72. The average Bonchev–Trinajstić information content (AvgIpc) is 2.58. The van der Waals surface area contributed by atoms with Crippen LogP contribution in [0.5, 0.6) is 11.5 Å². The smallest absolute Gasteiger partial charge is 0.258 e. The zero-order valence-corrected chi connectivity index (χ0v) is 15.6. The quantitative estimate of drug-likeness (QED) is 0.632. The van der Waals surface area contributed by atoms with Crippen molar-refractivity contribution in [1.82, 2.24) is 5.32 Å². The van der Waals surface area contributed by atoms with Crippen LogP contribution in [0.2, 0.25) is 0 Å². The summed E-state index contributed by atoms with van der Waals surface area (Å²) in [5.41, 5.74) is 6.51. The van der Waals surface area contributed by atoms with Crippen molar-refractivity contribution >= 4 is 18.3 Å². The molecular weight excluding hydrogens is 328 g/mol. The van der Waals surface area contributed by atoms with E-state index in [9.17, 15) is 4.79 Å². The summed E-state index contributed by atoms with van der Waals surface area (Å²) in [6, 6.07) is 5.62. The molecular formula is C18H29ClN2O3. The number of carbonyl (C=O) groups is 1. The van der Waals surface area contributed by atoms with Crippen molar-refractivity contribution in [1.29, 1.82) is 0 Å². The topological polar surface area (TPSA) is 73.6 Å². The Bertz CT molecular complexity index is 523. The van der Waals surface area contributed by atoms with Crippen molar-refractivity contribution in [2.45, 2.75) is 38.6 Å². The number of nitrogens with two attached hydrogens (primary N) is 1. The van der Waals surface area contributed by atoms with Crippen molar-refractivity contribution in [3.8, 4) is 11.5 Å². The molecule has 1 aromatic carbocycles. The van der Waals surface area contributed by atoms with E-state index in [0.29, 0.717) is 18.0 Å². The van der Waals surface area contributed by atoms with Gasteiger partial charge in [0.15, 0.2) is 18.1 Å². The predicted octanol–water partition coefficient (Wildman–Crippen LogP) is 2.86. The van der Waals surface area contributed by atoms with Gasteiger partial charge in [-0.2, -0.15) is 0 Å². The third-order valence-corrected chi connectivity index (χ3v) is 4.12. The van der Waals surface area contributed by atoms with Crippen LogP contribution < -0.4 is 20.5 Å². The first-order chi connectivity index (χ1) is 11.0. The standard InChI is InChI=1S/C18H28N2O3.ClH/c1-5-8-14-9-10-15(16(11-14)22-4)23-12-17(21)20-18(6-2,7-3)13-19;/h5,9-11H,1,6-8,12-13,19H2,2-4H3,(H,20,21);1H. The summed E-state index contributed by atoms with van der Waals surface area (Å²) in [4.78, 5) is 12.1. The van der Waals surface area contributed by atoms with Crippen molar-refractivity contribution < 1.29 is 14.3 Å². The minimum absolute atomic E-state index is 0. The Morgan fingerprint density at radius 1 is 1.33 bits per heavy atom. The summed E-state index contributed by atoms with van der Waals surface area (Å²) in [5, 5.41) is 2.98. The highest BCUT2D eigenvalue weighted by Gasteiger charge is 2.26. The third-order valence-electron chi connectivity index (χ3n) is 4.12. The van der Waals surface area contributed by atoms with Crippen molar-refractivity contribution in [2.24, 2.45) is 5.73 Å². The van der Waals surface area contributed by atoms with E-state index in [2.05, 4.69) is 11.9 Å². The fourth-order valence-electron chi connectivity index (χ4n) is 2.37. The molecule has 1 aromatic rings. The van der Waals surface area contributed by atoms with Gasteiger partial charge in [0, 0.05) is 6.54 Å². The Kier molecular flexibility index (Phi) is 10.2. The van der Waals surface area contributed by atoms with E-state index in [1.807, 2.05) is 32.1 Å². The molecule has 0 aromatic heterocycles. The summed E-state index contributed by atoms with van der Waals surface area (Å²) in [6.45, 7) is 8.08. The number of hydrogen-bond acceptors (Lipinski definition) is 4. The molecule has 0 aliphatic rings. The Morgan fingerprint density at radius 2 is 2.00 bits per heavy atom. The molecule has 1 rings (SSSR count). The molecule has 0 heterocycles. The lowest BCUT2D eigenvalue weighted by atomic mass is 9.93. The number of rotatable bonds is 10. The number of hydrogen-bond donors (Lipinski definition) is 2. The minimum Gasteiger partial charge on any atom is -0.493 e. The van der Waals surface area contributed by atoms with E-state index in [1.54, 1.807) is 13.2 Å². The number of carbonyl (C=O) groups excluding carboxylic acids is 1. The maximum absolute atomic E-state index is 12.1. The van der Waals surface area contributed by atoms with Crippen LogP contribution in [0.1, 0.15) is 32.3 Å². The van der Waals surface area contributed by atoms with Crippen LogP contribution in [-0.4, -0.2) is 31.7 Å². The second-order valence-electron chi connectivity index (χ2n) is 5.51. The Labute approximate surface area is 151 Å². The summed E-state index contributed by atoms with van der Waals surface area (Å²) in [7, 11) is 1.58. The lowest BCUT2D eigenvalue weighted by Gasteiger charge is -2.31. The van der Waals surface area contributed by atoms with Crippen LogP contribution in [0.3, 0.4) is 0 Å². The van der Waals surface area contributed by atoms with Gasteiger partial charge < -0.3 is 20.5 Å². The molecule has 0 radical (unpaired) electrons. The van der Waals surface area contributed by atoms with Gasteiger partial charge in [-0.3, -0.25) is 4.79 Å². The lowest BCUT2D eigenvalue weighted by Crippen LogP contribution is -2.54. The third kappa shape index (κ3) is 6.06. The van der Waals surface area contributed by atoms with Crippen LogP contribution in [0.4, 0.5) is 0 Å². The highest BCUT2D eigenvalue weighted by atomic mass is 35.5. The number of ether oxygens (including phenoxy) is 2. The van der Waals surface area contributed by atoms with Crippen LogP contribution in [-0.2, 0) is 11.2 Å². The molecule has 24 heavy (non-hydrogen) atoms.